The molecule has 0 aromatic heterocycles. The van der Waals surface area contributed by atoms with Crippen molar-refractivity contribution >= 4 is 0 Å². The van der Waals surface area contributed by atoms with E-state index in [9.17, 15) is 0 Å². The second kappa shape index (κ2) is 2.24. The lowest BCUT2D eigenvalue weighted by molar-refractivity contribution is -0.133. The first-order valence-electron chi connectivity index (χ1n) is 4.24. The molecule has 1 atom stereocenters. The quantitative estimate of drug-likeness (QED) is 0.532. The highest BCUT2D eigenvalue weighted by Crippen LogP contribution is 2.36. The molecule has 0 N–H and O–H groups in total. The molecule has 1 unspecified atom stereocenters. The number of hydrogen-bond donors (Lipinski definition) is 0. The molecule has 11 heavy (non-hydrogen) atoms. The Morgan fingerprint density at radius 2 is 2.36 bits per heavy atom. The summed E-state index contributed by atoms with van der Waals surface area (Å²) in [7, 11) is 0. The van der Waals surface area contributed by atoms with Gasteiger partial charge in [-0.1, -0.05) is 0 Å². The van der Waals surface area contributed by atoms with Crippen molar-refractivity contribution in [3.63, 3.8) is 0 Å². The average Bonchev–Trinajstić information content (AvgIpc) is 2.21. The summed E-state index contributed by atoms with van der Waals surface area (Å²) in [5.41, 5.74) is 0. The Kier molecular flexibility index (Phi) is 1.46. The van der Waals surface area contributed by atoms with Crippen molar-refractivity contribution < 1.29 is 9.47 Å². The van der Waals surface area contributed by atoms with E-state index < -0.39 is 0 Å². The molecule has 2 nitrogen and oxygen atoms in total. The highest BCUT2D eigenvalue weighted by Gasteiger charge is 2.38. The van der Waals surface area contributed by atoms with Crippen molar-refractivity contribution in [2.24, 2.45) is 0 Å². The molecule has 0 bridgehead atoms. The average molecular weight is 154 g/mol. The van der Waals surface area contributed by atoms with Gasteiger partial charge in [0.1, 0.15) is 11.9 Å². The minimum Gasteiger partial charge on any atom is -0.465 e. The van der Waals surface area contributed by atoms with E-state index in [1.54, 1.807) is 0 Å². The van der Waals surface area contributed by atoms with E-state index in [2.05, 4.69) is 6.08 Å². The molecule has 2 heteroatoms. The summed E-state index contributed by atoms with van der Waals surface area (Å²) in [5.74, 6) is 0.669. The molecule has 0 amide bonds. The monoisotopic (exact) mass is 154 g/mol. The number of hydrogen-bond acceptors (Lipinski definition) is 2. The molecule has 0 saturated carbocycles. The largest absolute Gasteiger partial charge is 0.465 e. The zero-order valence-electron chi connectivity index (χ0n) is 7.09. The maximum atomic E-state index is 5.66. The Hall–Kier alpha value is -0.500. The SMILES string of the molecule is CC1(C)OC2=CCCCC2O1. The van der Waals surface area contributed by atoms with Crippen molar-refractivity contribution in [2.45, 2.75) is 45.0 Å². The summed E-state index contributed by atoms with van der Waals surface area (Å²) >= 11 is 0. The van der Waals surface area contributed by atoms with Crippen molar-refractivity contribution in [3.8, 4) is 0 Å². The van der Waals surface area contributed by atoms with Crippen LogP contribution in [0.4, 0.5) is 0 Å². The third kappa shape index (κ3) is 1.27. The van der Waals surface area contributed by atoms with Crippen LogP contribution in [0.5, 0.6) is 0 Å². The molecule has 1 aliphatic carbocycles. The van der Waals surface area contributed by atoms with Gasteiger partial charge in [0, 0.05) is 13.8 Å². The van der Waals surface area contributed by atoms with Gasteiger partial charge in [-0.2, -0.15) is 0 Å². The zero-order chi connectivity index (χ0) is 7.90. The number of fused-ring (bicyclic) bond motifs is 1. The second-order valence-corrected chi connectivity index (χ2v) is 3.65. The third-order valence-corrected chi connectivity index (χ3v) is 2.12. The van der Waals surface area contributed by atoms with E-state index in [0.29, 0.717) is 0 Å². The van der Waals surface area contributed by atoms with Crippen LogP contribution in [0.3, 0.4) is 0 Å². The van der Waals surface area contributed by atoms with Crippen LogP contribution in [0, 0.1) is 0 Å². The number of allylic oxidation sites excluding steroid dienone is 1. The number of ether oxygens (including phenoxy) is 2. The molecule has 1 aliphatic heterocycles. The molecule has 0 aromatic rings. The van der Waals surface area contributed by atoms with Gasteiger partial charge in [0.05, 0.1) is 0 Å². The maximum Gasteiger partial charge on any atom is 0.205 e. The third-order valence-electron chi connectivity index (χ3n) is 2.12. The van der Waals surface area contributed by atoms with Crippen LogP contribution in [0.1, 0.15) is 33.1 Å². The zero-order valence-corrected chi connectivity index (χ0v) is 7.09. The summed E-state index contributed by atoms with van der Waals surface area (Å²) in [5, 5.41) is 0. The van der Waals surface area contributed by atoms with Crippen LogP contribution in [0.2, 0.25) is 0 Å². The van der Waals surface area contributed by atoms with Crippen molar-refractivity contribution in [1.82, 2.24) is 0 Å². The Balaban J connectivity index is 2.17. The minimum absolute atomic E-state index is 0.249. The molecule has 0 spiro atoms. The first-order valence-corrected chi connectivity index (χ1v) is 4.24. The summed E-state index contributed by atoms with van der Waals surface area (Å²) in [6.45, 7) is 3.93. The van der Waals surface area contributed by atoms with Crippen LogP contribution in [0.25, 0.3) is 0 Å². The van der Waals surface area contributed by atoms with Gasteiger partial charge in [-0.15, -0.1) is 0 Å². The fraction of sp³-hybridized carbons (Fsp3) is 0.778. The van der Waals surface area contributed by atoms with Crippen LogP contribution in [-0.2, 0) is 9.47 Å². The van der Waals surface area contributed by atoms with Gasteiger partial charge in [-0.25, -0.2) is 0 Å². The Labute approximate surface area is 67.2 Å². The molecule has 0 aromatic carbocycles. The molecule has 1 fully saturated rings. The maximum absolute atomic E-state index is 5.66. The fourth-order valence-corrected chi connectivity index (χ4v) is 1.70. The highest BCUT2D eigenvalue weighted by atomic mass is 16.7. The second-order valence-electron chi connectivity index (χ2n) is 3.65. The number of rotatable bonds is 0. The van der Waals surface area contributed by atoms with E-state index in [-0.39, 0.29) is 11.9 Å². The smallest absolute Gasteiger partial charge is 0.205 e. The van der Waals surface area contributed by atoms with E-state index in [0.717, 1.165) is 18.6 Å². The van der Waals surface area contributed by atoms with Gasteiger partial charge in [0.2, 0.25) is 5.79 Å². The molecular formula is C9H14O2. The van der Waals surface area contributed by atoms with E-state index >= 15 is 0 Å². The predicted molar refractivity (Wildman–Crippen MR) is 42.0 cm³/mol. The van der Waals surface area contributed by atoms with Gasteiger partial charge < -0.3 is 9.47 Å². The van der Waals surface area contributed by atoms with Crippen molar-refractivity contribution in [3.05, 3.63) is 11.8 Å². The van der Waals surface area contributed by atoms with Gasteiger partial charge in [0.15, 0.2) is 0 Å². The van der Waals surface area contributed by atoms with Crippen LogP contribution in [-0.4, -0.2) is 11.9 Å². The molecule has 2 aliphatic rings. The van der Waals surface area contributed by atoms with Crippen molar-refractivity contribution in [2.75, 3.05) is 0 Å². The van der Waals surface area contributed by atoms with Gasteiger partial charge in [0.25, 0.3) is 0 Å². The Morgan fingerprint density at radius 3 is 3.09 bits per heavy atom. The summed E-state index contributed by atoms with van der Waals surface area (Å²) in [6, 6.07) is 0. The van der Waals surface area contributed by atoms with Gasteiger partial charge in [-0.05, 0) is 25.3 Å². The minimum atomic E-state index is -0.388. The highest BCUT2D eigenvalue weighted by molar-refractivity contribution is 5.08. The van der Waals surface area contributed by atoms with Gasteiger partial charge in [-0.3, -0.25) is 0 Å². The van der Waals surface area contributed by atoms with E-state index in [1.807, 2.05) is 13.8 Å². The molecule has 1 saturated heterocycles. The first-order chi connectivity index (χ1) is 5.17. The van der Waals surface area contributed by atoms with Crippen LogP contribution >= 0.6 is 0 Å². The standard InChI is InChI=1S/C9H14O2/c1-9(2)10-7-5-3-4-6-8(7)11-9/h5,8H,3-4,6H2,1-2H3. The predicted octanol–water partition coefficient (Wildman–Crippen LogP) is 2.21. The van der Waals surface area contributed by atoms with E-state index in [1.165, 1.54) is 6.42 Å². The lowest BCUT2D eigenvalue weighted by atomic mass is 10.0. The van der Waals surface area contributed by atoms with Crippen molar-refractivity contribution in [1.29, 1.82) is 0 Å². The summed E-state index contributed by atoms with van der Waals surface area (Å²) in [6.07, 6.45) is 5.90. The molecular weight excluding hydrogens is 140 g/mol. The van der Waals surface area contributed by atoms with Crippen LogP contribution in [0.15, 0.2) is 11.8 Å². The summed E-state index contributed by atoms with van der Waals surface area (Å²) in [4.78, 5) is 0. The Bertz CT molecular complexity index is 194. The molecule has 62 valence electrons. The molecule has 2 rings (SSSR count). The van der Waals surface area contributed by atoms with Gasteiger partial charge >= 0.3 is 0 Å². The van der Waals surface area contributed by atoms with Crippen LogP contribution < -0.4 is 0 Å². The lowest BCUT2D eigenvalue weighted by Gasteiger charge is -2.15. The lowest BCUT2D eigenvalue weighted by Crippen LogP contribution is -2.21. The Morgan fingerprint density at radius 1 is 1.55 bits per heavy atom. The molecule has 0 radical (unpaired) electrons. The fourth-order valence-electron chi connectivity index (χ4n) is 1.70. The van der Waals surface area contributed by atoms with E-state index in [4.69, 9.17) is 9.47 Å². The normalized spacial score (nSPS) is 34.0. The molecule has 1 heterocycles. The topological polar surface area (TPSA) is 18.5 Å². The first kappa shape index (κ1) is 7.17. The summed E-state index contributed by atoms with van der Waals surface area (Å²) < 4.78 is 11.3.